The third-order valence-corrected chi connectivity index (χ3v) is 4.77. The summed E-state index contributed by atoms with van der Waals surface area (Å²) in [4.78, 5) is 14.7. The van der Waals surface area contributed by atoms with Gasteiger partial charge in [-0.1, -0.05) is 5.16 Å². The number of aromatic nitrogens is 1. The van der Waals surface area contributed by atoms with Crippen LogP contribution in [0.15, 0.2) is 53.2 Å². The van der Waals surface area contributed by atoms with Crippen molar-refractivity contribution in [2.24, 2.45) is 0 Å². The van der Waals surface area contributed by atoms with Crippen LogP contribution in [0.5, 0.6) is 11.5 Å². The van der Waals surface area contributed by atoms with Gasteiger partial charge in [0.25, 0.3) is 0 Å². The first kappa shape index (κ1) is 17.1. The van der Waals surface area contributed by atoms with Crippen LogP contribution in [0, 0.1) is 0 Å². The molecule has 0 bridgehead atoms. The van der Waals surface area contributed by atoms with E-state index < -0.39 is 0 Å². The summed E-state index contributed by atoms with van der Waals surface area (Å²) >= 11 is 0. The van der Waals surface area contributed by atoms with Gasteiger partial charge >= 0.3 is 0 Å². The van der Waals surface area contributed by atoms with Crippen LogP contribution in [0.2, 0.25) is 0 Å². The van der Waals surface area contributed by atoms with Gasteiger partial charge in [0.15, 0.2) is 5.76 Å². The standard InChI is InChI=1S/C21H20N2O4/c1-25-17-9-14(10-18(13-17)26-2)11-21(24)23-8-6-15-12-16(3-4-19(15)23)20-5-7-22-27-20/h3-5,7,9-10,12-13H,6,8,11H2,1-2H3. The van der Waals surface area contributed by atoms with Gasteiger partial charge in [-0.05, 0) is 47.9 Å². The first-order valence-corrected chi connectivity index (χ1v) is 8.74. The van der Waals surface area contributed by atoms with E-state index >= 15 is 0 Å². The van der Waals surface area contributed by atoms with Crippen molar-refractivity contribution in [1.29, 1.82) is 0 Å². The van der Waals surface area contributed by atoms with Crippen LogP contribution in [0.25, 0.3) is 11.3 Å². The summed E-state index contributed by atoms with van der Waals surface area (Å²) in [6.45, 7) is 0.676. The fourth-order valence-electron chi connectivity index (χ4n) is 3.42. The Kier molecular flexibility index (Phi) is 4.54. The molecule has 4 rings (SSSR count). The van der Waals surface area contributed by atoms with Crippen LogP contribution in [0.4, 0.5) is 5.69 Å². The number of benzene rings is 2. The van der Waals surface area contributed by atoms with Crippen LogP contribution in [-0.4, -0.2) is 31.8 Å². The third kappa shape index (κ3) is 3.38. The lowest BCUT2D eigenvalue weighted by Crippen LogP contribution is -2.30. The Hall–Kier alpha value is -3.28. The molecule has 138 valence electrons. The summed E-state index contributed by atoms with van der Waals surface area (Å²) in [5.41, 5.74) is 3.93. The molecule has 0 saturated carbocycles. The molecule has 1 amide bonds. The molecule has 0 saturated heterocycles. The van der Waals surface area contributed by atoms with Crippen LogP contribution >= 0.6 is 0 Å². The maximum atomic E-state index is 12.9. The highest BCUT2D eigenvalue weighted by molar-refractivity contribution is 5.97. The zero-order valence-corrected chi connectivity index (χ0v) is 15.3. The highest BCUT2D eigenvalue weighted by atomic mass is 16.5. The van der Waals surface area contributed by atoms with Gasteiger partial charge in [-0.3, -0.25) is 4.79 Å². The van der Waals surface area contributed by atoms with Crippen LogP contribution < -0.4 is 14.4 Å². The van der Waals surface area contributed by atoms with E-state index in [0.717, 1.165) is 34.6 Å². The highest BCUT2D eigenvalue weighted by Gasteiger charge is 2.25. The van der Waals surface area contributed by atoms with Crippen molar-refractivity contribution in [1.82, 2.24) is 5.16 Å². The molecule has 27 heavy (non-hydrogen) atoms. The number of carbonyl (C=O) groups is 1. The molecule has 0 unspecified atom stereocenters. The Morgan fingerprint density at radius 3 is 2.56 bits per heavy atom. The smallest absolute Gasteiger partial charge is 0.231 e. The number of rotatable bonds is 5. The van der Waals surface area contributed by atoms with E-state index in [1.807, 2.05) is 35.2 Å². The lowest BCUT2D eigenvalue weighted by molar-refractivity contribution is -0.117. The Bertz CT molecular complexity index is 944. The quantitative estimate of drug-likeness (QED) is 0.693. The molecule has 0 N–H and O–H groups in total. The highest BCUT2D eigenvalue weighted by Crippen LogP contribution is 2.33. The molecule has 0 radical (unpaired) electrons. The Balaban J connectivity index is 1.55. The Morgan fingerprint density at radius 2 is 1.89 bits per heavy atom. The van der Waals surface area contributed by atoms with Crippen molar-refractivity contribution in [3.63, 3.8) is 0 Å². The second-order valence-corrected chi connectivity index (χ2v) is 6.41. The zero-order valence-electron chi connectivity index (χ0n) is 15.3. The number of methoxy groups -OCH3 is 2. The monoisotopic (exact) mass is 364 g/mol. The maximum Gasteiger partial charge on any atom is 0.231 e. The lowest BCUT2D eigenvalue weighted by Gasteiger charge is -2.18. The van der Waals surface area contributed by atoms with Gasteiger partial charge in [0.1, 0.15) is 11.5 Å². The third-order valence-electron chi connectivity index (χ3n) is 4.77. The van der Waals surface area contributed by atoms with Crippen molar-refractivity contribution in [2.45, 2.75) is 12.8 Å². The number of anilines is 1. The average Bonchev–Trinajstić information content (AvgIpc) is 3.36. The van der Waals surface area contributed by atoms with Crippen molar-refractivity contribution in [2.75, 3.05) is 25.7 Å². The molecule has 1 aliphatic rings. The summed E-state index contributed by atoms with van der Waals surface area (Å²) in [6.07, 6.45) is 2.74. The number of hydrogen-bond donors (Lipinski definition) is 0. The van der Waals surface area contributed by atoms with E-state index in [0.29, 0.717) is 18.0 Å². The number of nitrogens with zero attached hydrogens (tertiary/aromatic N) is 2. The SMILES string of the molecule is COc1cc(CC(=O)N2CCc3cc(-c4ccno4)ccc32)cc(OC)c1. The molecule has 6 nitrogen and oxygen atoms in total. The van der Waals surface area contributed by atoms with Gasteiger partial charge in [0, 0.05) is 29.9 Å². The van der Waals surface area contributed by atoms with Crippen LogP contribution in [0.3, 0.4) is 0 Å². The Labute approximate surface area is 157 Å². The minimum Gasteiger partial charge on any atom is -0.497 e. The number of hydrogen-bond acceptors (Lipinski definition) is 5. The van der Waals surface area contributed by atoms with Crippen molar-refractivity contribution in [3.8, 4) is 22.8 Å². The van der Waals surface area contributed by atoms with Crippen molar-refractivity contribution in [3.05, 3.63) is 59.8 Å². The molecule has 2 aromatic carbocycles. The molecule has 1 aromatic heterocycles. The van der Waals surface area contributed by atoms with Gasteiger partial charge in [-0.25, -0.2) is 0 Å². The van der Waals surface area contributed by atoms with E-state index in [-0.39, 0.29) is 12.3 Å². The van der Waals surface area contributed by atoms with Crippen molar-refractivity contribution < 1.29 is 18.8 Å². The van der Waals surface area contributed by atoms with E-state index in [4.69, 9.17) is 14.0 Å². The summed E-state index contributed by atoms with van der Waals surface area (Å²) in [6, 6.07) is 13.4. The summed E-state index contributed by atoms with van der Waals surface area (Å²) in [5, 5.41) is 3.75. The number of ether oxygens (including phenoxy) is 2. The second-order valence-electron chi connectivity index (χ2n) is 6.41. The molecule has 2 heterocycles. The van der Waals surface area contributed by atoms with Crippen LogP contribution in [-0.2, 0) is 17.6 Å². The fraction of sp³-hybridized carbons (Fsp3) is 0.238. The lowest BCUT2D eigenvalue weighted by atomic mass is 10.1. The minimum atomic E-state index is 0.0523. The molecule has 0 fully saturated rings. The summed E-state index contributed by atoms with van der Waals surface area (Å²) in [5.74, 6) is 2.13. The van der Waals surface area contributed by atoms with Gasteiger partial charge in [-0.15, -0.1) is 0 Å². The second kappa shape index (κ2) is 7.15. The summed E-state index contributed by atoms with van der Waals surface area (Å²) in [7, 11) is 3.20. The van der Waals surface area contributed by atoms with E-state index in [1.165, 1.54) is 0 Å². The first-order valence-electron chi connectivity index (χ1n) is 8.74. The molecular weight excluding hydrogens is 344 g/mol. The predicted molar refractivity (Wildman–Crippen MR) is 101 cm³/mol. The Morgan fingerprint density at radius 1 is 1.11 bits per heavy atom. The fourth-order valence-corrected chi connectivity index (χ4v) is 3.42. The molecule has 1 aliphatic heterocycles. The normalized spacial score (nSPS) is 12.7. The molecule has 0 atom stereocenters. The van der Waals surface area contributed by atoms with E-state index in [9.17, 15) is 4.79 Å². The zero-order chi connectivity index (χ0) is 18.8. The largest absolute Gasteiger partial charge is 0.497 e. The number of fused-ring (bicyclic) bond motifs is 1. The molecule has 0 aliphatic carbocycles. The van der Waals surface area contributed by atoms with Gasteiger partial charge < -0.3 is 18.9 Å². The minimum absolute atomic E-state index is 0.0523. The van der Waals surface area contributed by atoms with Crippen LogP contribution in [0.1, 0.15) is 11.1 Å². The summed E-state index contributed by atoms with van der Waals surface area (Å²) < 4.78 is 15.8. The molecular formula is C21H20N2O4. The van der Waals surface area contributed by atoms with Gasteiger partial charge in [-0.2, -0.15) is 0 Å². The molecule has 3 aromatic rings. The van der Waals surface area contributed by atoms with Gasteiger partial charge in [0.2, 0.25) is 5.91 Å². The number of amides is 1. The first-order chi connectivity index (χ1) is 13.2. The molecule has 0 spiro atoms. The maximum absolute atomic E-state index is 12.9. The van der Waals surface area contributed by atoms with E-state index in [2.05, 4.69) is 11.2 Å². The number of carbonyl (C=O) groups excluding carboxylic acids is 1. The molecule has 6 heteroatoms. The predicted octanol–water partition coefficient (Wildman–Crippen LogP) is 3.49. The van der Waals surface area contributed by atoms with Gasteiger partial charge in [0.05, 0.1) is 26.8 Å². The van der Waals surface area contributed by atoms with E-state index in [1.54, 1.807) is 26.5 Å². The topological polar surface area (TPSA) is 64.8 Å². The average molecular weight is 364 g/mol. The van der Waals surface area contributed by atoms with Crippen molar-refractivity contribution >= 4 is 11.6 Å².